The molecular formula is C20H25NO5S. The molecular weight excluding hydrogens is 366 g/mol. The first-order valence-electron chi connectivity index (χ1n) is 9.09. The Labute approximate surface area is 160 Å². The molecule has 1 fully saturated rings. The normalized spacial score (nSPS) is 21.6. The number of allylic oxidation sites excluding steroid dienone is 3. The number of hydrogen-bond acceptors (Lipinski definition) is 5. The Morgan fingerprint density at radius 2 is 1.74 bits per heavy atom. The highest BCUT2D eigenvalue weighted by Crippen LogP contribution is 2.41. The van der Waals surface area contributed by atoms with Crippen LogP contribution in [-0.2, 0) is 14.9 Å². The minimum atomic E-state index is -4.45. The number of carbonyl (C=O) groups is 1. The van der Waals surface area contributed by atoms with Gasteiger partial charge in [-0.1, -0.05) is 32.0 Å². The molecule has 2 aliphatic rings. The standard InChI is InChI=1S/C20H25NO5S/c1-20(2)13-15(12-16(14-20)21-10-6-7-11-21)18(19(22)23)27(24,25)26-17-8-4-3-5-9-17/h3-5,8-9,12H,6-7,10-11,13-14H2,1-2H3,(H,22,23). The molecule has 3 rings (SSSR count). The van der Waals surface area contributed by atoms with E-state index in [9.17, 15) is 18.3 Å². The van der Waals surface area contributed by atoms with E-state index >= 15 is 0 Å². The lowest BCUT2D eigenvalue weighted by Gasteiger charge is -2.36. The number of rotatable bonds is 5. The average molecular weight is 391 g/mol. The van der Waals surface area contributed by atoms with Crippen molar-refractivity contribution in [2.45, 2.75) is 39.5 Å². The van der Waals surface area contributed by atoms with Crippen LogP contribution in [0.5, 0.6) is 5.75 Å². The molecule has 0 radical (unpaired) electrons. The van der Waals surface area contributed by atoms with Crippen LogP contribution in [0.1, 0.15) is 39.5 Å². The topological polar surface area (TPSA) is 83.9 Å². The summed E-state index contributed by atoms with van der Waals surface area (Å²) < 4.78 is 30.7. The lowest BCUT2D eigenvalue weighted by molar-refractivity contribution is -0.131. The molecule has 0 saturated carbocycles. The van der Waals surface area contributed by atoms with E-state index in [1.54, 1.807) is 24.3 Å². The Balaban J connectivity index is 2.06. The molecule has 0 aromatic heterocycles. The number of benzene rings is 1. The predicted molar refractivity (Wildman–Crippen MR) is 103 cm³/mol. The van der Waals surface area contributed by atoms with E-state index in [0.717, 1.165) is 38.0 Å². The Morgan fingerprint density at radius 1 is 1.11 bits per heavy atom. The molecule has 1 aliphatic carbocycles. The van der Waals surface area contributed by atoms with Crippen molar-refractivity contribution in [2.75, 3.05) is 13.1 Å². The lowest BCUT2D eigenvalue weighted by atomic mass is 9.76. The van der Waals surface area contributed by atoms with Gasteiger partial charge in [0.15, 0.2) is 4.91 Å². The van der Waals surface area contributed by atoms with Gasteiger partial charge in [0.25, 0.3) is 0 Å². The average Bonchev–Trinajstić information content (AvgIpc) is 3.07. The van der Waals surface area contributed by atoms with Crippen LogP contribution in [0.3, 0.4) is 0 Å². The van der Waals surface area contributed by atoms with E-state index in [1.807, 2.05) is 13.8 Å². The Hall–Kier alpha value is -2.28. The number of carboxylic acids is 1. The van der Waals surface area contributed by atoms with Gasteiger partial charge >= 0.3 is 16.1 Å². The molecule has 7 heteroatoms. The maximum Gasteiger partial charge on any atom is 0.351 e. The van der Waals surface area contributed by atoms with Gasteiger partial charge in [0.2, 0.25) is 0 Å². The highest BCUT2D eigenvalue weighted by Gasteiger charge is 2.36. The monoisotopic (exact) mass is 391 g/mol. The molecule has 1 saturated heterocycles. The zero-order chi connectivity index (χ0) is 19.7. The lowest BCUT2D eigenvalue weighted by Crippen LogP contribution is -2.29. The van der Waals surface area contributed by atoms with Crippen molar-refractivity contribution < 1.29 is 22.5 Å². The zero-order valence-corrected chi connectivity index (χ0v) is 16.5. The Morgan fingerprint density at radius 3 is 2.33 bits per heavy atom. The fourth-order valence-electron chi connectivity index (χ4n) is 3.77. The maximum absolute atomic E-state index is 12.8. The van der Waals surface area contributed by atoms with Gasteiger partial charge in [0.05, 0.1) is 0 Å². The fourth-order valence-corrected chi connectivity index (χ4v) is 4.89. The highest BCUT2D eigenvalue weighted by atomic mass is 32.2. The number of aliphatic carboxylic acids is 1. The Kier molecular flexibility index (Phi) is 5.33. The molecule has 1 aromatic carbocycles. The minimum Gasteiger partial charge on any atom is -0.477 e. The van der Waals surface area contributed by atoms with Crippen molar-refractivity contribution in [3.8, 4) is 5.75 Å². The van der Waals surface area contributed by atoms with E-state index < -0.39 is 21.0 Å². The van der Waals surface area contributed by atoms with Crippen LogP contribution >= 0.6 is 0 Å². The fraction of sp³-hybridized carbons (Fsp3) is 0.450. The van der Waals surface area contributed by atoms with E-state index in [2.05, 4.69) is 4.90 Å². The first kappa shape index (κ1) is 19.5. The summed E-state index contributed by atoms with van der Waals surface area (Å²) >= 11 is 0. The van der Waals surface area contributed by atoms with Crippen molar-refractivity contribution in [2.24, 2.45) is 5.41 Å². The van der Waals surface area contributed by atoms with Crippen LogP contribution in [0, 0.1) is 5.41 Å². The van der Waals surface area contributed by atoms with Crippen LogP contribution < -0.4 is 4.18 Å². The molecule has 27 heavy (non-hydrogen) atoms. The van der Waals surface area contributed by atoms with Crippen LogP contribution in [0.25, 0.3) is 0 Å². The van der Waals surface area contributed by atoms with Crippen LogP contribution in [-0.4, -0.2) is 37.5 Å². The number of hydrogen-bond donors (Lipinski definition) is 1. The second-order valence-electron chi connectivity index (χ2n) is 7.86. The van der Waals surface area contributed by atoms with Gasteiger partial charge < -0.3 is 14.2 Å². The summed E-state index contributed by atoms with van der Waals surface area (Å²) in [5, 5.41) is 9.70. The van der Waals surface area contributed by atoms with Crippen LogP contribution in [0.4, 0.5) is 0 Å². The van der Waals surface area contributed by atoms with Crippen molar-refractivity contribution in [3.05, 3.63) is 52.6 Å². The summed E-state index contributed by atoms with van der Waals surface area (Å²) in [4.78, 5) is 13.5. The molecule has 1 N–H and O–H groups in total. The van der Waals surface area contributed by atoms with Crippen molar-refractivity contribution in [1.82, 2.24) is 4.90 Å². The molecule has 146 valence electrons. The highest BCUT2D eigenvalue weighted by molar-refractivity contribution is 7.92. The number of para-hydroxylation sites is 1. The van der Waals surface area contributed by atoms with E-state index in [4.69, 9.17) is 4.18 Å². The third-order valence-electron chi connectivity index (χ3n) is 4.87. The van der Waals surface area contributed by atoms with E-state index in [1.165, 1.54) is 12.1 Å². The first-order valence-corrected chi connectivity index (χ1v) is 10.5. The van der Waals surface area contributed by atoms with Gasteiger partial charge in [-0.15, -0.1) is 0 Å². The van der Waals surface area contributed by atoms with E-state index in [0.29, 0.717) is 12.0 Å². The maximum atomic E-state index is 12.8. The van der Waals surface area contributed by atoms with Gasteiger partial charge in [-0.3, -0.25) is 0 Å². The SMILES string of the molecule is CC1(C)CC(N2CCCC2)=CC(=C(C(=O)O)S(=O)(=O)Oc2ccccc2)C1. The summed E-state index contributed by atoms with van der Waals surface area (Å²) in [6.45, 7) is 5.90. The predicted octanol–water partition coefficient (Wildman–Crippen LogP) is 3.53. The zero-order valence-electron chi connectivity index (χ0n) is 15.6. The van der Waals surface area contributed by atoms with Crippen molar-refractivity contribution in [3.63, 3.8) is 0 Å². The van der Waals surface area contributed by atoms with Gasteiger partial charge in [-0.05, 0) is 54.9 Å². The molecule has 0 atom stereocenters. The van der Waals surface area contributed by atoms with Gasteiger partial charge in [0, 0.05) is 18.8 Å². The van der Waals surface area contributed by atoms with Gasteiger partial charge in [0.1, 0.15) is 5.75 Å². The molecule has 0 bridgehead atoms. The third kappa shape index (κ3) is 4.53. The molecule has 1 aliphatic heterocycles. The number of likely N-dealkylation sites (tertiary alicyclic amines) is 1. The summed E-state index contributed by atoms with van der Waals surface area (Å²) in [6.07, 6.45) is 5.09. The summed E-state index contributed by atoms with van der Waals surface area (Å²) in [7, 11) is -4.45. The minimum absolute atomic E-state index is 0.0932. The number of carboxylic acid groups (broad SMARTS) is 1. The second-order valence-corrected chi connectivity index (χ2v) is 9.34. The molecule has 6 nitrogen and oxygen atoms in total. The largest absolute Gasteiger partial charge is 0.477 e. The quantitative estimate of drug-likeness (QED) is 0.611. The van der Waals surface area contributed by atoms with E-state index in [-0.39, 0.29) is 11.2 Å². The third-order valence-corrected chi connectivity index (χ3v) is 6.22. The molecule has 1 heterocycles. The van der Waals surface area contributed by atoms with Gasteiger partial charge in [-0.2, -0.15) is 8.42 Å². The summed E-state index contributed by atoms with van der Waals surface area (Å²) in [5.41, 5.74) is 1.08. The number of nitrogens with zero attached hydrogens (tertiary/aromatic N) is 1. The van der Waals surface area contributed by atoms with Crippen LogP contribution in [0.15, 0.2) is 52.6 Å². The summed E-state index contributed by atoms with van der Waals surface area (Å²) in [6, 6.07) is 7.96. The molecule has 0 unspecified atom stereocenters. The van der Waals surface area contributed by atoms with Crippen molar-refractivity contribution >= 4 is 16.1 Å². The molecule has 0 spiro atoms. The molecule has 1 aromatic rings. The summed E-state index contributed by atoms with van der Waals surface area (Å²) in [5.74, 6) is -1.40. The van der Waals surface area contributed by atoms with Crippen molar-refractivity contribution in [1.29, 1.82) is 0 Å². The first-order chi connectivity index (χ1) is 12.7. The van der Waals surface area contributed by atoms with Crippen LogP contribution in [0.2, 0.25) is 0 Å². The Bertz CT molecular complexity index is 878. The molecule has 0 amide bonds. The smallest absolute Gasteiger partial charge is 0.351 e. The second kappa shape index (κ2) is 7.38. The van der Waals surface area contributed by atoms with Gasteiger partial charge in [-0.25, -0.2) is 4.79 Å².